The summed E-state index contributed by atoms with van der Waals surface area (Å²) in [4.78, 5) is 0. The fraction of sp³-hybridized carbons (Fsp3) is 0.556. The highest BCUT2D eigenvalue weighted by molar-refractivity contribution is 5.75. The molecular weight excluding hydrogens is 542 g/mol. The molecular formula is C36H53NO6. The number of methoxy groups -OCH3 is 3. The van der Waals surface area contributed by atoms with Crippen LogP contribution in [0.2, 0.25) is 0 Å². The van der Waals surface area contributed by atoms with Gasteiger partial charge in [-0.25, -0.2) is 0 Å². The average molecular weight is 596 g/mol. The van der Waals surface area contributed by atoms with Gasteiger partial charge in [0.25, 0.3) is 0 Å². The summed E-state index contributed by atoms with van der Waals surface area (Å²) >= 11 is 0. The van der Waals surface area contributed by atoms with Crippen LogP contribution in [0.15, 0.2) is 35.4 Å². The SMILES string of the molecule is COc1cc(C2=C(C(C)(C)C)C(C)(C)CO2)cc(O)c1N.COc1cc(C2=C(C(C)(C)C)C(C)(C)CO2)cc(OC)c1C. The number of rotatable bonds is 5. The number of nitrogen functional groups attached to an aromatic ring is 1. The number of benzene rings is 2. The maximum Gasteiger partial charge on any atom is 0.146 e. The number of hydrogen-bond donors (Lipinski definition) is 2. The lowest BCUT2D eigenvalue weighted by Crippen LogP contribution is -2.24. The molecule has 0 fully saturated rings. The van der Waals surface area contributed by atoms with E-state index in [1.807, 2.05) is 25.1 Å². The highest BCUT2D eigenvalue weighted by atomic mass is 16.5. The molecule has 4 rings (SSSR count). The van der Waals surface area contributed by atoms with E-state index in [-0.39, 0.29) is 33.1 Å². The minimum atomic E-state index is -0.0438. The Morgan fingerprint density at radius 1 is 0.674 bits per heavy atom. The molecule has 238 valence electrons. The van der Waals surface area contributed by atoms with Crippen LogP contribution >= 0.6 is 0 Å². The van der Waals surface area contributed by atoms with Gasteiger partial charge in [0.2, 0.25) is 0 Å². The standard InChI is InChI=1S/C19H28O3.C17H25NO3/c1-12-14(20-7)9-13(10-15(12)21-8)16-17(18(2,3)4)19(5,6)11-22-16;1-16(2,3)15-14(21-9-17(15,4)5)10-7-11(19)13(18)12(8-10)20-6/h9-10H,11H2,1-8H3;7-8,19H,9,18H2,1-6H3. The first-order valence-electron chi connectivity index (χ1n) is 14.9. The summed E-state index contributed by atoms with van der Waals surface area (Å²) in [5, 5.41) is 10.0. The summed E-state index contributed by atoms with van der Waals surface area (Å²) in [5.41, 5.74) is 11.5. The number of phenolic OH excluding ortho intramolecular Hbond substituents is 1. The molecule has 0 unspecified atom stereocenters. The summed E-state index contributed by atoms with van der Waals surface area (Å²) in [6, 6.07) is 7.54. The highest BCUT2D eigenvalue weighted by Gasteiger charge is 2.42. The first-order valence-corrected chi connectivity index (χ1v) is 14.9. The Balaban J connectivity index is 0.000000236. The molecule has 3 N–H and O–H groups in total. The van der Waals surface area contributed by atoms with Crippen LogP contribution in [0.4, 0.5) is 5.69 Å². The molecule has 2 aliphatic rings. The molecule has 43 heavy (non-hydrogen) atoms. The van der Waals surface area contributed by atoms with Gasteiger partial charge in [0, 0.05) is 27.5 Å². The van der Waals surface area contributed by atoms with Crippen LogP contribution in [-0.4, -0.2) is 39.6 Å². The number of anilines is 1. The number of phenols is 1. The van der Waals surface area contributed by atoms with Crippen molar-refractivity contribution in [2.24, 2.45) is 21.7 Å². The molecule has 2 heterocycles. The quantitative estimate of drug-likeness (QED) is 0.264. The molecule has 0 radical (unpaired) electrons. The van der Waals surface area contributed by atoms with E-state index in [2.05, 4.69) is 69.2 Å². The Labute approximate surface area is 259 Å². The van der Waals surface area contributed by atoms with E-state index in [0.717, 1.165) is 39.7 Å². The van der Waals surface area contributed by atoms with Crippen molar-refractivity contribution in [3.05, 3.63) is 52.1 Å². The molecule has 0 saturated heterocycles. The Bertz CT molecular complexity index is 1390. The smallest absolute Gasteiger partial charge is 0.146 e. The summed E-state index contributed by atoms with van der Waals surface area (Å²) in [6.45, 7) is 25.4. The average Bonchev–Trinajstić information content (AvgIpc) is 3.40. The summed E-state index contributed by atoms with van der Waals surface area (Å²) in [6.07, 6.45) is 0. The van der Waals surface area contributed by atoms with E-state index in [1.165, 1.54) is 18.3 Å². The van der Waals surface area contributed by atoms with E-state index >= 15 is 0 Å². The van der Waals surface area contributed by atoms with E-state index in [1.54, 1.807) is 20.3 Å². The molecule has 0 aliphatic carbocycles. The van der Waals surface area contributed by atoms with Crippen LogP contribution < -0.4 is 19.9 Å². The van der Waals surface area contributed by atoms with Crippen molar-refractivity contribution >= 4 is 17.2 Å². The third kappa shape index (κ3) is 6.86. The Morgan fingerprint density at radius 2 is 1.02 bits per heavy atom. The van der Waals surface area contributed by atoms with Crippen LogP contribution in [0.5, 0.6) is 23.0 Å². The summed E-state index contributed by atoms with van der Waals surface area (Å²) in [5.74, 6) is 3.90. The second-order valence-electron chi connectivity index (χ2n) is 14.9. The number of aromatic hydroxyl groups is 1. The minimum absolute atomic E-state index is 0.0124. The van der Waals surface area contributed by atoms with Crippen molar-refractivity contribution in [1.29, 1.82) is 0 Å². The van der Waals surface area contributed by atoms with Gasteiger partial charge < -0.3 is 34.5 Å². The second-order valence-corrected chi connectivity index (χ2v) is 14.9. The number of hydrogen-bond acceptors (Lipinski definition) is 7. The second kappa shape index (κ2) is 11.9. The van der Waals surface area contributed by atoms with Crippen LogP contribution in [0.25, 0.3) is 11.5 Å². The maximum absolute atomic E-state index is 10.0. The fourth-order valence-corrected chi connectivity index (χ4v) is 6.70. The molecule has 2 aromatic carbocycles. The van der Waals surface area contributed by atoms with Crippen LogP contribution in [0, 0.1) is 28.6 Å². The van der Waals surface area contributed by atoms with Gasteiger partial charge in [-0.3, -0.25) is 0 Å². The van der Waals surface area contributed by atoms with E-state index in [0.29, 0.717) is 19.0 Å². The molecule has 7 nitrogen and oxygen atoms in total. The molecule has 0 saturated carbocycles. The van der Waals surface area contributed by atoms with Crippen molar-refractivity contribution < 1.29 is 28.8 Å². The summed E-state index contributed by atoms with van der Waals surface area (Å²) < 4.78 is 28.3. The van der Waals surface area contributed by atoms with Gasteiger partial charge in [-0.2, -0.15) is 0 Å². The van der Waals surface area contributed by atoms with Gasteiger partial charge in [-0.1, -0.05) is 69.2 Å². The monoisotopic (exact) mass is 595 g/mol. The number of ether oxygens (including phenoxy) is 5. The fourth-order valence-electron chi connectivity index (χ4n) is 6.70. The topological polar surface area (TPSA) is 92.4 Å². The van der Waals surface area contributed by atoms with E-state index in [4.69, 9.17) is 29.4 Å². The molecule has 0 aromatic heterocycles. The van der Waals surface area contributed by atoms with Gasteiger partial charge in [0.05, 0.1) is 34.5 Å². The molecule has 0 amide bonds. The first-order chi connectivity index (χ1) is 19.7. The van der Waals surface area contributed by atoms with Crippen molar-refractivity contribution in [3.8, 4) is 23.0 Å². The zero-order valence-electron chi connectivity index (χ0n) is 28.8. The van der Waals surface area contributed by atoms with Gasteiger partial charge in [-0.05, 0) is 53.2 Å². The van der Waals surface area contributed by atoms with Gasteiger partial charge in [0.15, 0.2) is 0 Å². The zero-order valence-corrected chi connectivity index (χ0v) is 28.8. The molecule has 2 aliphatic heterocycles. The van der Waals surface area contributed by atoms with Crippen molar-refractivity contribution in [2.45, 2.75) is 76.2 Å². The molecule has 7 heteroatoms. The normalized spacial score (nSPS) is 17.6. The summed E-state index contributed by atoms with van der Waals surface area (Å²) in [7, 11) is 4.90. The maximum atomic E-state index is 10.0. The van der Waals surface area contributed by atoms with Crippen molar-refractivity contribution in [1.82, 2.24) is 0 Å². The minimum Gasteiger partial charge on any atom is -0.506 e. The Hall–Kier alpha value is -3.48. The van der Waals surface area contributed by atoms with Gasteiger partial charge in [-0.15, -0.1) is 0 Å². The van der Waals surface area contributed by atoms with Crippen LogP contribution in [0.1, 0.15) is 85.9 Å². The highest BCUT2D eigenvalue weighted by Crippen LogP contribution is 2.52. The third-order valence-corrected chi connectivity index (χ3v) is 8.08. The molecule has 0 atom stereocenters. The molecule has 2 aromatic rings. The Morgan fingerprint density at radius 3 is 1.37 bits per heavy atom. The van der Waals surface area contributed by atoms with E-state index < -0.39 is 0 Å². The number of nitrogens with two attached hydrogens (primary N) is 1. The third-order valence-electron chi connectivity index (χ3n) is 8.08. The van der Waals surface area contributed by atoms with Crippen molar-refractivity contribution in [3.63, 3.8) is 0 Å². The van der Waals surface area contributed by atoms with Crippen molar-refractivity contribution in [2.75, 3.05) is 40.3 Å². The lowest BCUT2D eigenvalue weighted by Gasteiger charge is -2.31. The Kier molecular flexibility index (Phi) is 9.41. The van der Waals surface area contributed by atoms with Crippen LogP contribution in [0.3, 0.4) is 0 Å². The lowest BCUT2D eigenvalue weighted by molar-refractivity contribution is 0.213. The van der Waals surface area contributed by atoms with Gasteiger partial charge >= 0.3 is 0 Å². The van der Waals surface area contributed by atoms with Gasteiger partial charge in [0.1, 0.15) is 40.2 Å². The zero-order chi connectivity index (χ0) is 32.7. The first kappa shape index (κ1) is 34.0. The predicted molar refractivity (Wildman–Crippen MR) is 176 cm³/mol. The largest absolute Gasteiger partial charge is 0.506 e. The van der Waals surface area contributed by atoms with E-state index in [9.17, 15) is 5.11 Å². The van der Waals surface area contributed by atoms with Crippen LogP contribution in [-0.2, 0) is 9.47 Å². The molecule has 0 bridgehead atoms. The predicted octanol–water partition coefficient (Wildman–Crippen LogP) is 8.62. The lowest BCUT2D eigenvalue weighted by atomic mass is 9.71. The molecule has 0 spiro atoms.